The lowest BCUT2D eigenvalue weighted by Gasteiger charge is -2.28. The van der Waals surface area contributed by atoms with Gasteiger partial charge in [0.15, 0.2) is 0 Å². The van der Waals surface area contributed by atoms with Gasteiger partial charge in [0.1, 0.15) is 26.4 Å². The molecule has 0 rings (SSSR count). The lowest BCUT2D eigenvalue weighted by atomic mass is 10.4. The molecule has 0 aromatic carbocycles. The zero-order valence-electron chi connectivity index (χ0n) is 40.1. The first-order chi connectivity index (χ1) is 30.9. The molecule has 0 saturated carbocycles. The summed E-state index contributed by atoms with van der Waals surface area (Å²) in [6.07, 6.45) is 3.66. The monoisotopic (exact) mass is 967 g/mol. The first kappa shape index (κ1) is 69.2. The fourth-order valence-electron chi connectivity index (χ4n) is 3.44. The van der Waals surface area contributed by atoms with Crippen LogP contribution in [-0.4, -0.2) is 159 Å². The largest absolute Gasteiger partial charge is 0.501 e. The summed E-state index contributed by atoms with van der Waals surface area (Å²) in [5.41, 5.74) is 0.970. The SMILES string of the molecule is C=C(C)C(=O)OCCN=C=O.C=C(C)C(=O)OCCNC(=O)OCCC[Si](OCC)(OCC)OCC.C=CCO.C=CCOC(=O)NCCOC(=O)C(=C)C.CCO[SiH](OCC)OCC. The van der Waals surface area contributed by atoms with Crippen LogP contribution in [0.25, 0.3) is 0 Å². The number of nitrogens with zero attached hydrogens (tertiary/aromatic N) is 1. The van der Waals surface area contributed by atoms with E-state index < -0.39 is 48.4 Å². The number of esters is 3. The molecule has 0 aliphatic heterocycles. The molecule has 0 spiro atoms. The summed E-state index contributed by atoms with van der Waals surface area (Å²) >= 11 is 0. The summed E-state index contributed by atoms with van der Waals surface area (Å²) in [5.74, 6) is -1.43. The molecule has 376 valence electrons. The number of hydrogen-bond donors (Lipinski definition) is 3. The van der Waals surface area contributed by atoms with Crippen molar-refractivity contribution in [3.05, 3.63) is 61.8 Å². The average molecular weight is 968 g/mol. The van der Waals surface area contributed by atoms with Crippen molar-refractivity contribution in [2.75, 3.05) is 98.9 Å². The molecule has 0 fully saturated rings. The van der Waals surface area contributed by atoms with Crippen LogP contribution in [0.2, 0.25) is 6.04 Å². The van der Waals surface area contributed by atoms with Gasteiger partial charge in [0.2, 0.25) is 6.08 Å². The maximum Gasteiger partial charge on any atom is 0.501 e. The highest BCUT2D eigenvalue weighted by Gasteiger charge is 2.39. The summed E-state index contributed by atoms with van der Waals surface area (Å²) in [7, 11) is -4.43. The molecular formula is C42H77N3O18Si2. The van der Waals surface area contributed by atoms with Crippen LogP contribution in [0.4, 0.5) is 9.59 Å². The van der Waals surface area contributed by atoms with Gasteiger partial charge in [0.05, 0.1) is 32.8 Å². The van der Waals surface area contributed by atoms with E-state index in [1.165, 1.54) is 18.2 Å². The zero-order chi connectivity index (χ0) is 50.7. The van der Waals surface area contributed by atoms with Gasteiger partial charge in [-0.3, -0.25) is 0 Å². The summed E-state index contributed by atoms with van der Waals surface area (Å²) in [6, 6.07) is 0.575. The molecule has 21 nitrogen and oxygen atoms in total. The summed E-state index contributed by atoms with van der Waals surface area (Å²) in [4.78, 5) is 67.8. The summed E-state index contributed by atoms with van der Waals surface area (Å²) in [5, 5.41) is 12.7. The first-order valence-corrected chi connectivity index (χ1v) is 24.2. The number of ether oxygens (including phenoxy) is 5. The molecule has 0 aliphatic rings. The molecule has 0 heterocycles. The van der Waals surface area contributed by atoms with Crippen LogP contribution in [0.15, 0.2) is 66.8 Å². The number of nitrogens with one attached hydrogen (secondary N) is 2. The predicted octanol–water partition coefficient (Wildman–Crippen LogP) is 4.71. The Morgan fingerprint density at radius 2 is 1.00 bits per heavy atom. The van der Waals surface area contributed by atoms with E-state index >= 15 is 0 Å². The lowest BCUT2D eigenvalue weighted by Crippen LogP contribution is -2.46. The van der Waals surface area contributed by atoms with Crippen LogP contribution in [0.3, 0.4) is 0 Å². The Balaban J connectivity index is -0.000000256. The number of rotatable bonds is 31. The second-order valence-electron chi connectivity index (χ2n) is 11.8. The van der Waals surface area contributed by atoms with E-state index in [0.717, 1.165) is 0 Å². The van der Waals surface area contributed by atoms with Gasteiger partial charge < -0.3 is 66.0 Å². The van der Waals surface area contributed by atoms with Crippen molar-refractivity contribution >= 4 is 54.5 Å². The standard InChI is InChI=1S/C16H31NO7Si.C10H15NO4.C7H9NO3.C6H16O3Si.C3H6O/c1-6-22-25(23-7-2,24-8-3)13-9-11-21-16(19)17-10-12-20-15(18)14(4)5;1-4-6-15-10(13)11-5-7-14-9(12)8(2)3;1-6(2)7(10)11-4-3-8-5-9;1-4-7-10(8-5-2)9-6-3;1-2-3-4/h4,6-13H2,1-3,5H3,(H,17,19);4H,1-2,5-7H2,3H3,(H,11,13);1,3-4H2,2H3;10H,4-6H2,1-3H3;2,4H,1,3H2. The van der Waals surface area contributed by atoms with Gasteiger partial charge in [0, 0.05) is 62.4 Å². The third-order valence-corrected chi connectivity index (χ3v) is 11.0. The topological polar surface area (TPSA) is 261 Å². The van der Waals surface area contributed by atoms with E-state index in [4.69, 9.17) is 45.9 Å². The van der Waals surface area contributed by atoms with Gasteiger partial charge in [-0.15, -0.1) is 6.58 Å². The van der Waals surface area contributed by atoms with Crippen LogP contribution in [0.1, 0.15) is 68.7 Å². The van der Waals surface area contributed by atoms with E-state index in [9.17, 15) is 28.8 Å². The Labute approximate surface area is 388 Å². The minimum Gasteiger partial charge on any atom is -0.460 e. The first-order valence-electron chi connectivity index (χ1n) is 20.8. The number of carbonyl (C=O) groups excluding carboxylic acids is 6. The van der Waals surface area contributed by atoms with E-state index in [2.05, 4.69) is 58.0 Å². The molecule has 2 amide bonds. The molecular weight excluding hydrogens is 891 g/mol. The number of aliphatic hydroxyl groups excluding tert-OH is 1. The zero-order valence-corrected chi connectivity index (χ0v) is 42.3. The van der Waals surface area contributed by atoms with Crippen molar-refractivity contribution in [3.63, 3.8) is 0 Å². The van der Waals surface area contributed by atoms with Crippen molar-refractivity contribution < 1.29 is 84.1 Å². The molecule has 0 saturated heterocycles. The fraction of sp³-hybridized carbons (Fsp3) is 0.619. The lowest BCUT2D eigenvalue weighted by molar-refractivity contribution is -0.139. The second-order valence-corrected chi connectivity index (χ2v) is 16.1. The quantitative estimate of drug-likeness (QED) is 0.0124. The molecule has 0 unspecified atom stereocenters. The minimum atomic E-state index is -2.70. The highest BCUT2D eigenvalue weighted by molar-refractivity contribution is 6.60. The van der Waals surface area contributed by atoms with Crippen LogP contribution < -0.4 is 10.6 Å². The second kappa shape index (κ2) is 51.8. The highest BCUT2D eigenvalue weighted by Crippen LogP contribution is 2.18. The Bertz CT molecular complexity index is 1350. The third kappa shape index (κ3) is 51.7. The van der Waals surface area contributed by atoms with Gasteiger partial charge in [-0.25, -0.2) is 33.8 Å². The molecule has 0 bridgehead atoms. The molecule has 0 atom stereocenters. The maximum atomic E-state index is 11.5. The fourth-order valence-corrected chi connectivity index (χ4v) is 7.12. The molecule has 23 heteroatoms. The maximum absolute atomic E-state index is 11.5. The number of aliphatic imine (C=N–C) groups is 1. The van der Waals surface area contributed by atoms with Crippen molar-refractivity contribution in [2.45, 2.75) is 74.8 Å². The Kier molecular flexibility index (Phi) is 55.2. The van der Waals surface area contributed by atoms with Crippen LogP contribution in [0, 0.1) is 0 Å². The van der Waals surface area contributed by atoms with E-state index in [1.807, 2.05) is 41.5 Å². The predicted molar refractivity (Wildman–Crippen MR) is 249 cm³/mol. The van der Waals surface area contributed by atoms with Crippen molar-refractivity contribution in [1.29, 1.82) is 0 Å². The molecule has 65 heavy (non-hydrogen) atoms. The van der Waals surface area contributed by atoms with Crippen LogP contribution in [0.5, 0.6) is 0 Å². The molecule has 0 aromatic rings. The number of alkyl carbamates (subject to hydrolysis) is 2. The number of amides is 2. The normalized spacial score (nSPS) is 9.71. The van der Waals surface area contributed by atoms with E-state index in [-0.39, 0.29) is 59.3 Å². The molecule has 0 radical (unpaired) electrons. The van der Waals surface area contributed by atoms with Crippen molar-refractivity contribution in [2.24, 2.45) is 4.99 Å². The summed E-state index contributed by atoms with van der Waals surface area (Å²) < 4.78 is 56.7. The number of isocyanates is 1. The molecule has 0 aromatic heterocycles. The number of carbonyl (C=O) groups is 5. The van der Waals surface area contributed by atoms with Crippen molar-refractivity contribution in [3.8, 4) is 0 Å². The molecule has 3 N–H and O–H groups in total. The Morgan fingerprint density at radius 1 is 0.615 bits per heavy atom. The third-order valence-electron chi connectivity index (χ3n) is 6.08. The van der Waals surface area contributed by atoms with Gasteiger partial charge >= 0.3 is 48.4 Å². The van der Waals surface area contributed by atoms with Gasteiger partial charge in [-0.1, -0.05) is 38.5 Å². The van der Waals surface area contributed by atoms with Gasteiger partial charge in [-0.2, -0.15) is 0 Å². The molecule has 0 aliphatic carbocycles. The van der Waals surface area contributed by atoms with Gasteiger partial charge in [0.25, 0.3) is 0 Å². The van der Waals surface area contributed by atoms with Crippen molar-refractivity contribution in [1.82, 2.24) is 10.6 Å². The van der Waals surface area contributed by atoms with Crippen LogP contribution >= 0.6 is 0 Å². The smallest absolute Gasteiger partial charge is 0.460 e. The Morgan fingerprint density at radius 3 is 1.32 bits per heavy atom. The minimum absolute atomic E-state index is 0.0653. The van der Waals surface area contributed by atoms with E-state index in [1.54, 1.807) is 20.8 Å². The van der Waals surface area contributed by atoms with E-state index in [0.29, 0.717) is 68.8 Å². The average Bonchev–Trinajstić information content (AvgIpc) is 3.27. The van der Waals surface area contributed by atoms with Crippen LogP contribution in [-0.2, 0) is 69.4 Å². The van der Waals surface area contributed by atoms with Gasteiger partial charge in [-0.05, 0) is 68.7 Å². The number of aliphatic hydroxyl groups is 1. The number of hydrogen-bond acceptors (Lipinski definition) is 19. The highest BCUT2D eigenvalue weighted by atomic mass is 28.4. The summed E-state index contributed by atoms with van der Waals surface area (Å²) in [6.45, 7) is 37.8. The Hall–Kier alpha value is -4.82.